The molecule has 2 rings (SSSR count). The van der Waals surface area contributed by atoms with Crippen molar-refractivity contribution in [2.45, 2.75) is 13.8 Å². The molecule has 0 atom stereocenters. The first kappa shape index (κ1) is 17.4. The average Bonchev–Trinajstić information content (AvgIpc) is 2.59. The summed E-state index contributed by atoms with van der Waals surface area (Å²) in [6.45, 7) is 3.81. The van der Waals surface area contributed by atoms with Crippen LogP contribution in [-0.4, -0.2) is 11.9 Å². The summed E-state index contributed by atoms with van der Waals surface area (Å²) in [6.07, 6.45) is 1.83. The van der Waals surface area contributed by atoms with Gasteiger partial charge in [-0.05, 0) is 37.6 Å². The molecule has 0 heterocycles. The fourth-order valence-corrected chi connectivity index (χ4v) is 1.88. The molecule has 24 heavy (non-hydrogen) atoms. The number of hydrogen-bond donors (Lipinski definition) is 0. The van der Waals surface area contributed by atoms with Crippen LogP contribution in [0.2, 0.25) is 0 Å². The first-order chi connectivity index (χ1) is 11.6. The first-order valence-corrected chi connectivity index (χ1v) is 7.13. The summed E-state index contributed by atoms with van der Waals surface area (Å²) in [6, 6.07) is 15.0. The minimum atomic E-state index is -0.781. The zero-order valence-electron chi connectivity index (χ0n) is 13.2. The van der Waals surface area contributed by atoms with Gasteiger partial charge in [0.1, 0.15) is 0 Å². The van der Waals surface area contributed by atoms with E-state index in [9.17, 15) is 9.59 Å². The van der Waals surface area contributed by atoms with Crippen LogP contribution in [-0.2, 0) is 19.9 Å². The van der Waals surface area contributed by atoms with E-state index >= 15 is 0 Å². The van der Waals surface area contributed by atoms with Crippen LogP contribution in [0.5, 0.6) is 0 Å². The molecule has 0 unspecified atom stereocenters. The fraction of sp³-hybridized carbons (Fsp3) is 0.111. The monoisotopic (exact) mass is 328 g/mol. The van der Waals surface area contributed by atoms with Crippen molar-refractivity contribution >= 4 is 18.0 Å². The molecular weight excluding hydrogens is 312 g/mol. The number of carbonyl (C=O) groups excluding carboxylic acids is 2. The van der Waals surface area contributed by atoms with Gasteiger partial charge >= 0.3 is 11.9 Å². The van der Waals surface area contributed by atoms with Crippen molar-refractivity contribution < 1.29 is 29.4 Å². The molecule has 0 saturated heterocycles. The van der Waals surface area contributed by atoms with E-state index in [1.807, 2.05) is 19.9 Å². The molecule has 0 spiro atoms. The highest BCUT2D eigenvalue weighted by Crippen LogP contribution is 2.14. The highest BCUT2D eigenvalue weighted by Gasteiger charge is 2.14. The second-order valence-corrected chi connectivity index (χ2v) is 5.05. The third kappa shape index (κ3) is 5.05. The number of rotatable bonds is 6. The van der Waals surface area contributed by atoms with Crippen LogP contribution >= 0.6 is 0 Å². The van der Waals surface area contributed by atoms with Crippen molar-refractivity contribution in [3.63, 3.8) is 0 Å². The smallest absolute Gasteiger partial charge is 0.260 e. The standard InChI is InChI=1S/C18H16O6/c1-13(2)12-15-10-6-7-11-16(15)18(20)22-24-23-21-17(19)14-8-4-3-5-9-14/h3-12H,1-2H3. The SMILES string of the molecule is CC(C)=Cc1ccccc1C(=O)OOOOC(=O)c1ccccc1. The van der Waals surface area contributed by atoms with E-state index in [4.69, 9.17) is 0 Å². The van der Waals surface area contributed by atoms with E-state index in [-0.39, 0.29) is 11.1 Å². The van der Waals surface area contributed by atoms with Gasteiger partial charge in [-0.3, -0.25) is 9.78 Å². The highest BCUT2D eigenvalue weighted by atomic mass is 17.7. The van der Waals surface area contributed by atoms with Gasteiger partial charge in [0.15, 0.2) is 0 Å². The third-order valence-electron chi connectivity index (χ3n) is 2.88. The molecule has 0 saturated carbocycles. The minimum Gasteiger partial charge on any atom is -0.260 e. The summed E-state index contributed by atoms with van der Waals surface area (Å²) >= 11 is 0. The van der Waals surface area contributed by atoms with Crippen molar-refractivity contribution in [3.8, 4) is 0 Å². The quantitative estimate of drug-likeness (QED) is 0.455. The Kier molecular flexibility index (Phi) is 6.24. The van der Waals surface area contributed by atoms with Crippen LogP contribution in [0.4, 0.5) is 0 Å². The van der Waals surface area contributed by atoms with Gasteiger partial charge in [0.2, 0.25) is 0 Å². The Bertz CT molecular complexity index is 732. The van der Waals surface area contributed by atoms with Gasteiger partial charge in [0, 0.05) is 10.1 Å². The van der Waals surface area contributed by atoms with Crippen LogP contribution in [0.1, 0.15) is 40.1 Å². The van der Waals surface area contributed by atoms with Crippen LogP contribution < -0.4 is 0 Å². The zero-order chi connectivity index (χ0) is 17.4. The number of carbonyl (C=O) groups is 2. The Labute approximate surface area is 139 Å². The average molecular weight is 328 g/mol. The molecule has 0 bridgehead atoms. The van der Waals surface area contributed by atoms with Crippen molar-refractivity contribution in [1.29, 1.82) is 0 Å². The number of allylic oxidation sites excluding steroid dienone is 1. The maximum absolute atomic E-state index is 12.0. The Morgan fingerprint density at radius 2 is 1.38 bits per heavy atom. The van der Waals surface area contributed by atoms with Crippen LogP contribution in [0.15, 0.2) is 60.2 Å². The van der Waals surface area contributed by atoms with E-state index in [1.54, 1.807) is 42.5 Å². The zero-order valence-corrected chi connectivity index (χ0v) is 13.2. The second kappa shape index (κ2) is 8.61. The van der Waals surface area contributed by atoms with E-state index < -0.39 is 11.9 Å². The Morgan fingerprint density at radius 3 is 2.04 bits per heavy atom. The molecule has 6 nitrogen and oxygen atoms in total. The highest BCUT2D eigenvalue weighted by molar-refractivity contribution is 5.93. The fourth-order valence-electron chi connectivity index (χ4n) is 1.88. The molecule has 0 radical (unpaired) electrons. The summed E-state index contributed by atoms with van der Waals surface area (Å²) < 4.78 is 0. The normalized spacial score (nSPS) is 9.92. The van der Waals surface area contributed by atoms with Crippen LogP contribution in [0.3, 0.4) is 0 Å². The number of benzene rings is 2. The molecule has 0 aromatic heterocycles. The molecule has 0 fully saturated rings. The topological polar surface area (TPSA) is 71.1 Å². The molecule has 124 valence electrons. The summed E-state index contributed by atoms with van der Waals surface area (Å²) in [5.41, 5.74) is 2.25. The van der Waals surface area contributed by atoms with Gasteiger partial charge < -0.3 is 0 Å². The minimum absolute atomic E-state index is 0.265. The maximum atomic E-state index is 12.0. The third-order valence-corrected chi connectivity index (χ3v) is 2.88. The Balaban J connectivity index is 1.86. The van der Waals surface area contributed by atoms with Crippen LogP contribution in [0, 0.1) is 0 Å². The molecule has 0 aliphatic rings. The predicted molar refractivity (Wildman–Crippen MR) is 85.2 cm³/mol. The molecule has 0 amide bonds. The lowest BCUT2D eigenvalue weighted by Gasteiger charge is -2.05. The lowest BCUT2D eigenvalue weighted by atomic mass is 10.1. The Morgan fingerprint density at radius 1 is 0.792 bits per heavy atom. The molecular formula is C18H16O6. The maximum Gasteiger partial charge on any atom is 0.377 e. The second-order valence-electron chi connectivity index (χ2n) is 5.05. The molecule has 0 aliphatic heterocycles. The molecule has 2 aromatic carbocycles. The van der Waals surface area contributed by atoms with Gasteiger partial charge in [0.05, 0.1) is 11.1 Å². The van der Waals surface area contributed by atoms with Gasteiger partial charge in [-0.25, -0.2) is 9.59 Å². The first-order valence-electron chi connectivity index (χ1n) is 7.13. The van der Waals surface area contributed by atoms with Gasteiger partial charge in [-0.2, -0.15) is 0 Å². The summed E-state index contributed by atoms with van der Waals surface area (Å²) in [7, 11) is 0. The lowest BCUT2D eigenvalue weighted by molar-refractivity contribution is -0.595. The summed E-state index contributed by atoms with van der Waals surface area (Å²) in [5.74, 6) is -1.56. The van der Waals surface area contributed by atoms with E-state index in [2.05, 4.69) is 19.9 Å². The van der Waals surface area contributed by atoms with Gasteiger partial charge in [-0.15, -0.1) is 0 Å². The van der Waals surface area contributed by atoms with Crippen molar-refractivity contribution in [3.05, 3.63) is 76.9 Å². The largest absolute Gasteiger partial charge is 0.377 e. The van der Waals surface area contributed by atoms with E-state index in [1.165, 1.54) is 12.1 Å². The van der Waals surface area contributed by atoms with Crippen LogP contribution in [0.25, 0.3) is 6.08 Å². The predicted octanol–water partition coefficient (Wildman–Crippen LogP) is 3.90. The Hall–Kier alpha value is -2.96. The molecule has 2 aromatic rings. The van der Waals surface area contributed by atoms with Gasteiger partial charge in [-0.1, -0.05) is 48.0 Å². The number of hydrogen-bond acceptors (Lipinski definition) is 6. The van der Waals surface area contributed by atoms with Crippen molar-refractivity contribution in [2.75, 3.05) is 0 Å². The van der Waals surface area contributed by atoms with Crippen molar-refractivity contribution in [2.24, 2.45) is 0 Å². The van der Waals surface area contributed by atoms with E-state index in [0.717, 1.165) is 5.57 Å². The molecule has 6 heteroatoms. The molecule has 0 aliphatic carbocycles. The molecule has 0 N–H and O–H groups in total. The summed E-state index contributed by atoms with van der Waals surface area (Å²) in [5, 5.41) is 8.34. The lowest BCUT2D eigenvalue weighted by Crippen LogP contribution is -2.11. The van der Waals surface area contributed by atoms with E-state index in [0.29, 0.717) is 5.56 Å². The summed E-state index contributed by atoms with van der Waals surface area (Å²) in [4.78, 5) is 32.4. The van der Waals surface area contributed by atoms with Crippen molar-refractivity contribution in [1.82, 2.24) is 0 Å². The van der Waals surface area contributed by atoms with Gasteiger partial charge in [0.25, 0.3) is 0 Å².